The van der Waals surface area contributed by atoms with Gasteiger partial charge in [-0.15, -0.1) is 12.4 Å². The Morgan fingerprint density at radius 1 is 0.808 bits per heavy atom. The summed E-state index contributed by atoms with van der Waals surface area (Å²) in [5, 5.41) is 23.5. The average Bonchev–Trinajstić information content (AvgIpc) is 3.57. The molecule has 1 spiro atoms. The second-order valence-corrected chi connectivity index (χ2v) is 13.7. The van der Waals surface area contributed by atoms with E-state index in [2.05, 4.69) is 32.0 Å². The Morgan fingerprint density at radius 2 is 1.29 bits per heavy atom. The van der Waals surface area contributed by atoms with Crippen molar-refractivity contribution in [1.29, 1.82) is 0 Å². The van der Waals surface area contributed by atoms with Gasteiger partial charge in [0.15, 0.2) is 11.6 Å². The van der Waals surface area contributed by atoms with E-state index in [-0.39, 0.29) is 75.4 Å². The number of amides is 1. The number of nitrogens with zero attached hydrogens (tertiary/aromatic N) is 2. The van der Waals surface area contributed by atoms with Gasteiger partial charge in [-0.2, -0.15) is 0 Å². The van der Waals surface area contributed by atoms with Gasteiger partial charge >= 0.3 is 29.6 Å². The number of aryl methyl sites for hydroxylation is 2. The van der Waals surface area contributed by atoms with E-state index in [0.29, 0.717) is 37.3 Å². The molecule has 2 saturated carbocycles. The van der Waals surface area contributed by atoms with Crippen molar-refractivity contribution in [1.82, 2.24) is 15.3 Å². The third-order valence-electron chi connectivity index (χ3n) is 10.2. The Hall–Kier alpha value is -2.77. The van der Waals surface area contributed by atoms with Crippen LogP contribution in [0.5, 0.6) is 0 Å². The number of hydrogen-bond donors (Lipinski definition) is 4. The fourth-order valence-electron chi connectivity index (χ4n) is 7.30. The molecule has 3 radical (unpaired) electrons. The summed E-state index contributed by atoms with van der Waals surface area (Å²) in [5.74, 6) is 1.46. The predicted octanol–water partition coefficient (Wildman–Crippen LogP) is 4.01. The summed E-state index contributed by atoms with van der Waals surface area (Å²) >= 11 is 0. The number of hydrogen-bond acceptors (Lipinski definition) is 9. The maximum atomic E-state index is 12.1. The van der Waals surface area contributed by atoms with Gasteiger partial charge in [0.1, 0.15) is 11.6 Å². The molecule has 1 amide bonds. The minimum atomic E-state index is -0.332. The molecule has 273 valence electrons. The van der Waals surface area contributed by atoms with Crippen LogP contribution in [-0.4, -0.2) is 79.4 Å². The zero-order valence-electron chi connectivity index (χ0n) is 32.1. The van der Waals surface area contributed by atoms with E-state index in [0.717, 1.165) is 101 Å². The van der Waals surface area contributed by atoms with Gasteiger partial charge in [-0.3, -0.25) is 9.59 Å². The number of pyridine rings is 2. The number of Topliss-reactive ketones (excluding diaryl/α,β-unsaturated/α-hetero) is 1. The SMILES string of the molecule is CCC(=O)c1cc(C)c2cnc(NC3CCC4(CC3)OCCO4)cc2c1.CNC(=O)c1cc(C)c2cnc(NC3CCC(O)CC3)cc2c1.Cl.[B].[H-].[Na+]. The van der Waals surface area contributed by atoms with Crippen LogP contribution in [0, 0.1) is 13.8 Å². The van der Waals surface area contributed by atoms with Gasteiger partial charge < -0.3 is 32.0 Å². The normalized spacial score (nSPS) is 19.3. The Morgan fingerprint density at radius 3 is 1.79 bits per heavy atom. The van der Waals surface area contributed by atoms with Crippen LogP contribution in [0.25, 0.3) is 21.5 Å². The quantitative estimate of drug-likeness (QED) is 0.164. The monoisotopic (exact) mass is 738 g/mol. The maximum Gasteiger partial charge on any atom is 1.00 e. The van der Waals surface area contributed by atoms with Crippen molar-refractivity contribution in [2.45, 2.75) is 103 Å². The van der Waals surface area contributed by atoms with Crippen LogP contribution in [0.15, 0.2) is 48.8 Å². The Kier molecular flexibility index (Phi) is 16.4. The number of aromatic nitrogens is 2. The molecule has 2 aromatic heterocycles. The van der Waals surface area contributed by atoms with E-state index < -0.39 is 0 Å². The fraction of sp³-hybridized carbons (Fsp3) is 0.487. The van der Waals surface area contributed by atoms with Crippen molar-refractivity contribution in [2.75, 3.05) is 30.9 Å². The summed E-state index contributed by atoms with van der Waals surface area (Å²) in [4.78, 5) is 33.0. The topological polar surface area (TPSA) is 135 Å². The molecule has 3 aliphatic rings. The van der Waals surface area contributed by atoms with E-state index in [4.69, 9.17) is 9.47 Å². The molecule has 0 bridgehead atoms. The summed E-state index contributed by atoms with van der Waals surface area (Å²) < 4.78 is 11.6. The molecule has 0 unspecified atom stereocenters. The molecule has 1 aliphatic heterocycles. The first-order valence-corrected chi connectivity index (χ1v) is 17.7. The number of halogens is 1. The number of ketones is 1. The number of nitrogens with one attached hydrogen (secondary N) is 3. The zero-order chi connectivity index (χ0) is 34.5. The second kappa shape index (κ2) is 19.5. The summed E-state index contributed by atoms with van der Waals surface area (Å²) in [5.41, 5.74) is 3.58. The smallest absolute Gasteiger partial charge is 1.00 e. The van der Waals surface area contributed by atoms with Gasteiger partial charge in [-0.05, 0) is 111 Å². The molecule has 2 aliphatic carbocycles. The first-order valence-electron chi connectivity index (χ1n) is 17.7. The van der Waals surface area contributed by atoms with Gasteiger partial charge in [-0.1, -0.05) is 6.92 Å². The standard InChI is InChI=1S/C21H26N2O3.C18H23N3O2.B.ClH.Na.H/c1-3-19(24)16-10-14(2)18-13-22-20(12-15(18)11-16)23-17-4-6-21(7-5-17)25-8-9-26-21;1-11-7-13(18(23)19-2)8-12-9-17(20-10-16(11)12)21-14-3-5-15(22)6-4-14;;;;/h10-13,17H,3-9H2,1-2H3,(H,22,23);7-10,14-15,22H,3-6H2,1-2H3,(H,19,23)(H,20,21);;1H;;/q;;;;+1;-1. The second-order valence-electron chi connectivity index (χ2n) is 13.7. The summed E-state index contributed by atoms with van der Waals surface area (Å²) in [6.45, 7) is 7.35. The number of benzene rings is 2. The Balaban J connectivity index is 0.000000343. The first-order chi connectivity index (χ1) is 23.6. The molecule has 10 nitrogen and oxygen atoms in total. The molecule has 2 aromatic carbocycles. The minimum absolute atomic E-state index is 0. The minimum Gasteiger partial charge on any atom is -1.00 e. The largest absolute Gasteiger partial charge is 1.00 e. The van der Waals surface area contributed by atoms with Crippen molar-refractivity contribution >= 4 is 65.7 Å². The van der Waals surface area contributed by atoms with Gasteiger partial charge in [0.25, 0.3) is 5.91 Å². The molecule has 7 rings (SSSR count). The van der Waals surface area contributed by atoms with Crippen LogP contribution in [0.3, 0.4) is 0 Å². The van der Waals surface area contributed by atoms with Crippen molar-refractivity contribution in [3.63, 3.8) is 0 Å². The van der Waals surface area contributed by atoms with Crippen molar-refractivity contribution in [3.05, 3.63) is 71.0 Å². The molecule has 13 heteroatoms. The molecule has 3 fully saturated rings. The number of aliphatic hydroxyl groups excluding tert-OH is 1. The van der Waals surface area contributed by atoms with Crippen LogP contribution < -0.4 is 45.5 Å². The van der Waals surface area contributed by atoms with Crippen LogP contribution >= 0.6 is 12.4 Å². The molecular formula is C39H51BClN5NaO5. The number of rotatable bonds is 7. The fourth-order valence-corrected chi connectivity index (χ4v) is 7.30. The Labute approximate surface area is 338 Å². The van der Waals surface area contributed by atoms with Gasteiger partial charge in [0.2, 0.25) is 0 Å². The molecular weight excluding hydrogens is 688 g/mol. The van der Waals surface area contributed by atoms with Crippen LogP contribution in [-0.2, 0) is 9.47 Å². The van der Waals surface area contributed by atoms with Crippen LogP contribution in [0.1, 0.15) is 98.0 Å². The van der Waals surface area contributed by atoms with E-state index in [1.807, 2.05) is 63.5 Å². The molecule has 4 N–H and O–H groups in total. The van der Waals surface area contributed by atoms with Crippen LogP contribution in [0.4, 0.5) is 11.6 Å². The summed E-state index contributed by atoms with van der Waals surface area (Å²) in [7, 11) is 1.64. The first kappa shape index (κ1) is 43.6. The third kappa shape index (κ3) is 10.5. The van der Waals surface area contributed by atoms with Gasteiger partial charge in [0.05, 0.1) is 19.3 Å². The average molecular weight is 739 g/mol. The number of aliphatic hydroxyl groups is 1. The predicted molar refractivity (Wildman–Crippen MR) is 207 cm³/mol. The third-order valence-corrected chi connectivity index (χ3v) is 10.2. The molecule has 3 heterocycles. The van der Waals surface area contributed by atoms with Gasteiger partial charge in [0, 0.05) is 81.1 Å². The summed E-state index contributed by atoms with van der Waals surface area (Å²) in [6, 6.07) is 12.5. The number of ether oxygens (including phenoxy) is 2. The number of anilines is 2. The Bertz CT molecular complexity index is 1830. The van der Waals surface area contributed by atoms with E-state index in [1.54, 1.807) is 7.05 Å². The van der Waals surface area contributed by atoms with Crippen molar-refractivity contribution < 1.29 is 55.2 Å². The van der Waals surface area contributed by atoms with E-state index in [9.17, 15) is 14.7 Å². The molecule has 4 aromatic rings. The van der Waals surface area contributed by atoms with Gasteiger partial charge in [-0.25, -0.2) is 9.97 Å². The van der Waals surface area contributed by atoms with E-state index in [1.165, 1.54) is 0 Å². The number of fused-ring (bicyclic) bond motifs is 2. The molecule has 1 saturated heterocycles. The van der Waals surface area contributed by atoms with Crippen molar-refractivity contribution in [2.24, 2.45) is 0 Å². The number of carbonyl (C=O) groups is 2. The maximum absolute atomic E-state index is 12.1. The summed E-state index contributed by atoms with van der Waals surface area (Å²) in [6.07, 6.45) is 11.6. The van der Waals surface area contributed by atoms with Crippen LogP contribution in [0.2, 0.25) is 0 Å². The zero-order valence-corrected chi connectivity index (χ0v) is 33.9. The number of carbonyl (C=O) groups excluding carboxylic acids is 2. The van der Waals surface area contributed by atoms with E-state index >= 15 is 0 Å². The van der Waals surface area contributed by atoms with Crippen molar-refractivity contribution in [3.8, 4) is 0 Å². The molecule has 0 atom stereocenters. The molecule has 52 heavy (non-hydrogen) atoms.